The molecule has 0 radical (unpaired) electrons. The summed E-state index contributed by atoms with van der Waals surface area (Å²) in [5.41, 5.74) is 2.85. The van der Waals surface area contributed by atoms with E-state index >= 15 is 0 Å². The van der Waals surface area contributed by atoms with Crippen molar-refractivity contribution in [3.63, 3.8) is 0 Å². The summed E-state index contributed by atoms with van der Waals surface area (Å²) in [6, 6.07) is 7.96. The number of allylic oxidation sites excluding steroid dienone is 1. The molecule has 0 bridgehead atoms. The Morgan fingerprint density at radius 3 is 2.75 bits per heavy atom. The molecule has 2 rings (SSSR count). The molecule has 0 fully saturated rings. The van der Waals surface area contributed by atoms with Gasteiger partial charge in [-0.05, 0) is 18.6 Å². The monoisotopic (exact) mass is 215 g/mol. The lowest BCUT2D eigenvalue weighted by atomic mass is 10.1. The molecule has 0 atom stereocenters. The topological polar surface area (TPSA) is 42.2 Å². The maximum absolute atomic E-state index is 10.6. The molecule has 0 aliphatic rings. The highest BCUT2D eigenvalue weighted by Gasteiger charge is 2.07. The van der Waals surface area contributed by atoms with Crippen LogP contribution in [0, 0.1) is 0 Å². The quantitative estimate of drug-likeness (QED) is 0.782. The van der Waals surface area contributed by atoms with E-state index in [2.05, 4.69) is 0 Å². The Balaban J connectivity index is 2.66. The number of rotatable bonds is 2. The number of carboxylic acids is 1. The number of para-hydroxylation sites is 1. The van der Waals surface area contributed by atoms with Crippen LogP contribution in [0.15, 0.2) is 36.5 Å². The third kappa shape index (κ3) is 1.72. The number of hydrogen-bond donors (Lipinski definition) is 1. The summed E-state index contributed by atoms with van der Waals surface area (Å²) in [6.07, 6.45) is 3.20. The summed E-state index contributed by atoms with van der Waals surface area (Å²) in [7, 11) is 1.96. The van der Waals surface area contributed by atoms with E-state index in [0.717, 1.165) is 22.0 Å². The third-order valence-corrected chi connectivity index (χ3v) is 2.66. The van der Waals surface area contributed by atoms with Crippen LogP contribution in [0.25, 0.3) is 16.5 Å². The molecule has 0 spiro atoms. The molecule has 0 saturated heterocycles. The molecule has 3 nitrogen and oxygen atoms in total. The van der Waals surface area contributed by atoms with E-state index in [0.29, 0.717) is 0 Å². The van der Waals surface area contributed by atoms with Gasteiger partial charge in [-0.3, -0.25) is 0 Å². The fraction of sp³-hybridized carbons (Fsp3) is 0.154. The Kier molecular flexibility index (Phi) is 2.52. The molecule has 2 aromatic rings. The molecule has 0 aliphatic carbocycles. The average molecular weight is 215 g/mol. The van der Waals surface area contributed by atoms with Crippen molar-refractivity contribution in [3.8, 4) is 0 Å². The minimum absolute atomic E-state index is 0.768. The van der Waals surface area contributed by atoms with Crippen molar-refractivity contribution in [3.05, 3.63) is 42.1 Å². The van der Waals surface area contributed by atoms with Crippen LogP contribution in [0.1, 0.15) is 12.5 Å². The molecular weight excluding hydrogens is 202 g/mol. The molecule has 1 aromatic heterocycles. The molecule has 0 amide bonds. The zero-order valence-corrected chi connectivity index (χ0v) is 9.27. The van der Waals surface area contributed by atoms with Crippen LogP contribution < -0.4 is 0 Å². The number of fused-ring (bicyclic) bond motifs is 1. The predicted octanol–water partition coefficient (Wildman–Crippen LogP) is 2.67. The Morgan fingerprint density at radius 2 is 2.06 bits per heavy atom. The van der Waals surface area contributed by atoms with Crippen LogP contribution in [0.2, 0.25) is 0 Å². The Hall–Kier alpha value is -2.03. The van der Waals surface area contributed by atoms with Gasteiger partial charge in [0, 0.05) is 35.8 Å². The highest BCUT2D eigenvalue weighted by atomic mass is 16.4. The van der Waals surface area contributed by atoms with Gasteiger partial charge in [-0.25, -0.2) is 4.79 Å². The van der Waals surface area contributed by atoms with Crippen molar-refractivity contribution >= 4 is 22.4 Å². The second kappa shape index (κ2) is 3.85. The van der Waals surface area contributed by atoms with E-state index < -0.39 is 5.97 Å². The van der Waals surface area contributed by atoms with Crippen molar-refractivity contribution < 1.29 is 9.90 Å². The average Bonchev–Trinajstić information content (AvgIpc) is 2.56. The molecule has 0 unspecified atom stereocenters. The lowest BCUT2D eigenvalue weighted by Crippen LogP contribution is -1.89. The maximum Gasteiger partial charge on any atom is 0.328 e. The standard InChI is InChI=1S/C13H13NO2/c1-9(7-13(15)16)11-8-14(2)12-6-4-3-5-10(11)12/h3-8H,1-2H3,(H,15,16)/b9-7+. The summed E-state index contributed by atoms with van der Waals surface area (Å²) >= 11 is 0. The van der Waals surface area contributed by atoms with Crippen LogP contribution in [0.3, 0.4) is 0 Å². The van der Waals surface area contributed by atoms with Crippen molar-refractivity contribution in [2.24, 2.45) is 7.05 Å². The lowest BCUT2D eigenvalue weighted by Gasteiger charge is -1.97. The molecule has 1 heterocycles. The molecule has 3 heteroatoms. The predicted molar refractivity (Wildman–Crippen MR) is 64.2 cm³/mol. The van der Waals surface area contributed by atoms with Crippen molar-refractivity contribution in [1.29, 1.82) is 0 Å². The number of nitrogens with zero attached hydrogens (tertiary/aromatic N) is 1. The molecule has 0 aliphatic heterocycles. The summed E-state index contributed by atoms with van der Waals surface area (Å²) in [5.74, 6) is -0.912. The SMILES string of the molecule is C/C(=C\C(=O)O)c1cn(C)c2ccccc12. The van der Waals surface area contributed by atoms with Crippen LogP contribution in [-0.2, 0) is 11.8 Å². The summed E-state index contributed by atoms with van der Waals surface area (Å²) in [5, 5.41) is 9.82. The van der Waals surface area contributed by atoms with Crippen LogP contribution >= 0.6 is 0 Å². The van der Waals surface area contributed by atoms with Gasteiger partial charge >= 0.3 is 5.97 Å². The van der Waals surface area contributed by atoms with Gasteiger partial charge in [-0.15, -0.1) is 0 Å². The molecule has 82 valence electrons. The van der Waals surface area contributed by atoms with Gasteiger partial charge in [-0.1, -0.05) is 18.2 Å². The first-order chi connectivity index (χ1) is 7.59. The van der Waals surface area contributed by atoms with E-state index in [1.165, 1.54) is 6.08 Å². The molecule has 0 saturated carbocycles. The molecular formula is C13H13NO2. The molecule has 1 N–H and O–H groups in total. The van der Waals surface area contributed by atoms with E-state index in [1.54, 1.807) is 0 Å². The largest absolute Gasteiger partial charge is 0.478 e. The zero-order chi connectivity index (χ0) is 11.7. The fourth-order valence-corrected chi connectivity index (χ4v) is 1.92. The smallest absolute Gasteiger partial charge is 0.328 e. The first-order valence-electron chi connectivity index (χ1n) is 5.05. The second-order valence-corrected chi connectivity index (χ2v) is 3.84. The Morgan fingerprint density at radius 1 is 1.38 bits per heavy atom. The summed E-state index contributed by atoms with van der Waals surface area (Å²) < 4.78 is 2.00. The number of aromatic nitrogens is 1. The van der Waals surface area contributed by atoms with Gasteiger partial charge < -0.3 is 9.67 Å². The third-order valence-electron chi connectivity index (χ3n) is 2.66. The number of carbonyl (C=O) groups is 1. The second-order valence-electron chi connectivity index (χ2n) is 3.84. The van der Waals surface area contributed by atoms with Gasteiger partial charge in [0.25, 0.3) is 0 Å². The van der Waals surface area contributed by atoms with Gasteiger partial charge in [0.15, 0.2) is 0 Å². The summed E-state index contributed by atoms with van der Waals surface area (Å²) in [4.78, 5) is 10.6. The molecule has 1 aromatic carbocycles. The normalized spacial score (nSPS) is 12.0. The van der Waals surface area contributed by atoms with Crippen molar-refractivity contribution in [1.82, 2.24) is 4.57 Å². The highest BCUT2D eigenvalue weighted by molar-refractivity contribution is 5.97. The first kappa shape index (κ1) is 10.5. The highest BCUT2D eigenvalue weighted by Crippen LogP contribution is 2.26. The Bertz CT molecular complexity index is 579. The van der Waals surface area contributed by atoms with Crippen LogP contribution in [0.4, 0.5) is 0 Å². The lowest BCUT2D eigenvalue weighted by molar-refractivity contribution is -0.131. The van der Waals surface area contributed by atoms with Crippen LogP contribution in [0.5, 0.6) is 0 Å². The van der Waals surface area contributed by atoms with E-state index in [4.69, 9.17) is 5.11 Å². The van der Waals surface area contributed by atoms with Gasteiger partial charge in [0.2, 0.25) is 0 Å². The minimum Gasteiger partial charge on any atom is -0.478 e. The minimum atomic E-state index is -0.912. The number of hydrogen-bond acceptors (Lipinski definition) is 1. The van der Waals surface area contributed by atoms with Crippen LogP contribution in [-0.4, -0.2) is 15.6 Å². The number of aryl methyl sites for hydroxylation is 1. The Labute approximate surface area is 93.6 Å². The maximum atomic E-state index is 10.6. The van der Waals surface area contributed by atoms with Crippen molar-refractivity contribution in [2.45, 2.75) is 6.92 Å². The number of benzene rings is 1. The molecule has 16 heavy (non-hydrogen) atoms. The van der Waals surface area contributed by atoms with E-state index in [1.807, 2.05) is 49.0 Å². The van der Waals surface area contributed by atoms with Gasteiger partial charge in [-0.2, -0.15) is 0 Å². The van der Waals surface area contributed by atoms with E-state index in [-0.39, 0.29) is 0 Å². The fourth-order valence-electron chi connectivity index (χ4n) is 1.92. The first-order valence-corrected chi connectivity index (χ1v) is 5.05. The van der Waals surface area contributed by atoms with E-state index in [9.17, 15) is 4.79 Å². The number of carboxylic acid groups (broad SMARTS) is 1. The van der Waals surface area contributed by atoms with Gasteiger partial charge in [0.05, 0.1) is 0 Å². The zero-order valence-electron chi connectivity index (χ0n) is 9.27. The number of aliphatic carboxylic acids is 1. The van der Waals surface area contributed by atoms with Gasteiger partial charge in [0.1, 0.15) is 0 Å². The summed E-state index contributed by atoms with van der Waals surface area (Å²) in [6.45, 7) is 1.82. The van der Waals surface area contributed by atoms with Crippen molar-refractivity contribution in [2.75, 3.05) is 0 Å².